The molecule has 3 nitrogen and oxygen atoms in total. The highest BCUT2D eigenvalue weighted by molar-refractivity contribution is 6.37. The average Bonchev–Trinajstić information content (AvgIpc) is 2.74. The van der Waals surface area contributed by atoms with Crippen molar-refractivity contribution in [3.63, 3.8) is 0 Å². The Morgan fingerprint density at radius 2 is 1.54 bits per heavy atom. The lowest BCUT2D eigenvalue weighted by atomic mass is 10.2. The summed E-state index contributed by atoms with van der Waals surface area (Å²) in [4.78, 5) is 0. The Kier molecular flexibility index (Phi) is 4.50. The van der Waals surface area contributed by atoms with Gasteiger partial charge in [-0.15, -0.1) is 0 Å². The van der Waals surface area contributed by atoms with Gasteiger partial charge in [0.2, 0.25) is 0 Å². The molecule has 1 aromatic carbocycles. The molecular formula is C13H5Cl2F6N3. The van der Waals surface area contributed by atoms with Crippen molar-refractivity contribution >= 4 is 23.2 Å². The van der Waals surface area contributed by atoms with E-state index in [0.717, 1.165) is 6.92 Å². The fraction of sp³-hybridized carbons (Fsp3) is 0.231. The maximum atomic E-state index is 12.9. The van der Waals surface area contributed by atoms with E-state index in [4.69, 9.17) is 28.5 Å². The predicted molar refractivity (Wildman–Crippen MR) is 73.0 cm³/mol. The van der Waals surface area contributed by atoms with E-state index < -0.39 is 39.2 Å². The van der Waals surface area contributed by atoms with E-state index >= 15 is 0 Å². The van der Waals surface area contributed by atoms with Crippen molar-refractivity contribution in [3.05, 3.63) is 44.7 Å². The molecule has 0 amide bonds. The largest absolute Gasteiger partial charge is 0.436 e. The molecule has 11 heteroatoms. The average molecular weight is 388 g/mol. The number of nitriles is 1. The number of rotatable bonds is 1. The molecule has 0 bridgehead atoms. The summed E-state index contributed by atoms with van der Waals surface area (Å²) >= 11 is 11.5. The van der Waals surface area contributed by atoms with Crippen LogP contribution in [0.1, 0.15) is 22.5 Å². The van der Waals surface area contributed by atoms with Crippen molar-refractivity contribution in [3.8, 4) is 11.8 Å². The number of aromatic nitrogens is 2. The molecule has 0 unspecified atom stereocenters. The van der Waals surface area contributed by atoms with E-state index in [0.29, 0.717) is 16.8 Å². The summed E-state index contributed by atoms with van der Waals surface area (Å²) in [7, 11) is 0. The summed E-state index contributed by atoms with van der Waals surface area (Å²) in [5, 5.41) is 11.0. The van der Waals surface area contributed by atoms with Gasteiger partial charge in [-0.3, -0.25) is 0 Å². The smallest absolute Gasteiger partial charge is 0.233 e. The standard InChI is InChI=1S/C13H5Cl2F6N3/c1-5-7(4-22)11(13(19,20)21)23-24(5)10-8(14)2-6(3-9(10)15)12(16,17)18/h2-3H,1H3. The second-order valence-electron chi connectivity index (χ2n) is 4.62. The Bertz CT molecular complexity index is 822. The second kappa shape index (κ2) is 5.86. The maximum absolute atomic E-state index is 12.9. The van der Waals surface area contributed by atoms with Crippen molar-refractivity contribution in [2.45, 2.75) is 19.3 Å². The normalized spacial score (nSPS) is 12.3. The third-order valence-electron chi connectivity index (χ3n) is 3.05. The summed E-state index contributed by atoms with van der Waals surface area (Å²) in [6, 6.07) is 2.40. The molecule has 128 valence electrons. The topological polar surface area (TPSA) is 41.6 Å². The fourth-order valence-electron chi connectivity index (χ4n) is 1.98. The van der Waals surface area contributed by atoms with Crippen LogP contribution in [0.2, 0.25) is 10.0 Å². The molecule has 0 fully saturated rings. The lowest BCUT2D eigenvalue weighted by Gasteiger charge is -2.13. The molecular weight excluding hydrogens is 383 g/mol. The van der Waals surface area contributed by atoms with Crippen LogP contribution in [0.5, 0.6) is 0 Å². The highest BCUT2D eigenvalue weighted by Crippen LogP contribution is 2.39. The highest BCUT2D eigenvalue weighted by Gasteiger charge is 2.39. The minimum absolute atomic E-state index is 0.256. The maximum Gasteiger partial charge on any atom is 0.436 e. The Labute approximate surface area is 141 Å². The molecule has 2 aromatic rings. The van der Waals surface area contributed by atoms with Crippen molar-refractivity contribution in [1.29, 1.82) is 5.26 Å². The zero-order valence-corrected chi connectivity index (χ0v) is 13.0. The first-order valence-corrected chi connectivity index (χ1v) is 6.77. The lowest BCUT2D eigenvalue weighted by Crippen LogP contribution is -2.10. The van der Waals surface area contributed by atoms with Crippen LogP contribution in [0.4, 0.5) is 26.3 Å². The van der Waals surface area contributed by atoms with Crippen LogP contribution in [0.25, 0.3) is 5.69 Å². The number of halogens is 8. The van der Waals surface area contributed by atoms with Crippen molar-refractivity contribution < 1.29 is 26.3 Å². The van der Waals surface area contributed by atoms with Gasteiger partial charge in [0.25, 0.3) is 0 Å². The van der Waals surface area contributed by atoms with Gasteiger partial charge in [0.15, 0.2) is 5.69 Å². The summed E-state index contributed by atoms with van der Waals surface area (Å²) in [5.41, 5.74) is -4.05. The van der Waals surface area contributed by atoms with E-state index in [2.05, 4.69) is 5.10 Å². The van der Waals surface area contributed by atoms with E-state index in [1.165, 1.54) is 6.07 Å². The number of benzene rings is 1. The van der Waals surface area contributed by atoms with Crippen LogP contribution in [0.15, 0.2) is 12.1 Å². The van der Waals surface area contributed by atoms with Crippen molar-refractivity contribution in [1.82, 2.24) is 9.78 Å². The molecule has 2 rings (SSSR count). The van der Waals surface area contributed by atoms with Gasteiger partial charge in [-0.25, -0.2) is 4.68 Å². The molecule has 1 aromatic heterocycles. The number of alkyl halides is 6. The van der Waals surface area contributed by atoms with Gasteiger partial charge >= 0.3 is 12.4 Å². The Morgan fingerprint density at radius 3 is 1.88 bits per heavy atom. The Hall–Kier alpha value is -1.92. The van der Waals surface area contributed by atoms with Crippen LogP contribution < -0.4 is 0 Å². The molecule has 0 saturated heterocycles. The zero-order chi connectivity index (χ0) is 18.4. The van der Waals surface area contributed by atoms with Gasteiger partial charge in [0.05, 0.1) is 21.3 Å². The molecule has 24 heavy (non-hydrogen) atoms. The van der Waals surface area contributed by atoms with E-state index in [1.807, 2.05) is 0 Å². The molecule has 0 atom stereocenters. The molecule has 1 heterocycles. The summed E-state index contributed by atoms with van der Waals surface area (Å²) in [6.07, 6.45) is -9.66. The zero-order valence-electron chi connectivity index (χ0n) is 11.5. The third kappa shape index (κ3) is 3.16. The quantitative estimate of drug-likeness (QED) is 0.615. The molecule has 0 radical (unpaired) electrons. The molecule has 0 aliphatic heterocycles. The first-order valence-electron chi connectivity index (χ1n) is 6.01. The van der Waals surface area contributed by atoms with Crippen molar-refractivity contribution in [2.24, 2.45) is 0 Å². The van der Waals surface area contributed by atoms with Gasteiger partial charge in [-0.1, -0.05) is 23.2 Å². The fourth-order valence-corrected chi connectivity index (χ4v) is 2.63. The molecule has 0 aliphatic carbocycles. The summed E-state index contributed by atoms with van der Waals surface area (Å²) < 4.78 is 77.5. The van der Waals surface area contributed by atoms with Gasteiger partial charge in [0, 0.05) is 0 Å². The first kappa shape index (κ1) is 18.4. The number of hydrogen-bond acceptors (Lipinski definition) is 2. The van der Waals surface area contributed by atoms with Crippen LogP contribution in [-0.2, 0) is 12.4 Å². The minimum Gasteiger partial charge on any atom is -0.233 e. The van der Waals surface area contributed by atoms with Crippen LogP contribution in [-0.4, -0.2) is 9.78 Å². The minimum atomic E-state index is -4.92. The van der Waals surface area contributed by atoms with Crippen LogP contribution in [0, 0.1) is 18.3 Å². The van der Waals surface area contributed by atoms with Crippen LogP contribution >= 0.6 is 23.2 Å². The number of nitrogens with zero attached hydrogens (tertiary/aromatic N) is 3. The highest BCUT2D eigenvalue weighted by atomic mass is 35.5. The van der Waals surface area contributed by atoms with Gasteiger partial charge in [-0.2, -0.15) is 36.7 Å². The first-order chi connectivity index (χ1) is 10.9. The Balaban J connectivity index is 2.75. The second-order valence-corrected chi connectivity index (χ2v) is 5.43. The van der Waals surface area contributed by atoms with E-state index in [9.17, 15) is 26.3 Å². The summed E-state index contributed by atoms with van der Waals surface area (Å²) in [6.45, 7) is 1.14. The van der Waals surface area contributed by atoms with E-state index in [-0.39, 0.29) is 11.4 Å². The predicted octanol–water partition coefficient (Wildman–Crippen LogP) is 5.40. The molecule has 0 N–H and O–H groups in total. The van der Waals surface area contributed by atoms with Crippen molar-refractivity contribution in [2.75, 3.05) is 0 Å². The van der Waals surface area contributed by atoms with Gasteiger partial charge < -0.3 is 0 Å². The summed E-state index contributed by atoms with van der Waals surface area (Å²) in [5.74, 6) is 0. The lowest BCUT2D eigenvalue weighted by molar-refractivity contribution is -0.141. The van der Waals surface area contributed by atoms with Gasteiger partial charge in [-0.05, 0) is 19.1 Å². The molecule has 0 saturated carbocycles. The monoisotopic (exact) mass is 387 g/mol. The SMILES string of the molecule is Cc1c(C#N)c(C(F)(F)F)nn1-c1c(Cl)cc(C(F)(F)F)cc1Cl. The van der Waals surface area contributed by atoms with E-state index in [1.54, 1.807) is 0 Å². The molecule has 0 spiro atoms. The van der Waals surface area contributed by atoms with Gasteiger partial charge in [0.1, 0.15) is 17.3 Å². The molecule has 0 aliphatic rings. The van der Waals surface area contributed by atoms with Crippen LogP contribution in [0.3, 0.4) is 0 Å². The third-order valence-corrected chi connectivity index (χ3v) is 3.63. The number of hydrogen-bond donors (Lipinski definition) is 0. The Morgan fingerprint density at radius 1 is 1.04 bits per heavy atom.